The molecule has 1 aliphatic heterocycles. The second-order valence-corrected chi connectivity index (χ2v) is 2.55. The van der Waals surface area contributed by atoms with E-state index >= 15 is 0 Å². The minimum Gasteiger partial charge on any atom is -0.480 e. The molecular formula is C8H10N2O3. The van der Waals surface area contributed by atoms with Crippen LogP contribution in [0.3, 0.4) is 0 Å². The van der Waals surface area contributed by atoms with Gasteiger partial charge in [-0.3, -0.25) is 4.79 Å². The Labute approximate surface area is 75.3 Å². The van der Waals surface area contributed by atoms with Crippen LogP contribution in [-0.4, -0.2) is 40.0 Å². The summed E-state index contributed by atoms with van der Waals surface area (Å²) < 4.78 is 0. The molecule has 13 heavy (non-hydrogen) atoms. The summed E-state index contributed by atoms with van der Waals surface area (Å²) in [7, 11) is 0. The van der Waals surface area contributed by atoms with E-state index in [1.54, 1.807) is 29.3 Å². The van der Waals surface area contributed by atoms with Crippen LogP contribution in [0.4, 0.5) is 0 Å². The van der Waals surface area contributed by atoms with E-state index in [4.69, 9.17) is 10.3 Å². The van der Waals surface area contributed by atoms with Crippen LogP contribution in [0.1, 0.15) is 0 Å². The van der Waals surface area contributed by atoms with E-state index < -0.39 is 5.97 Å². The minimum absolute atomic E-state index is 0.114. The monoisotopic (exact) mass is 182 g/mol. The number of carboxylic acids is 1. The molecule has 1 aliphatic rings. The lowest BCUT2D eigenvalue weighted by atomic mass is 10.2. The number of carboxylic acid groups (broad SMARTS) is 1. The van der Waals surface area contributed by atoms with Crippen molar-refractivity contribution in [1.82, 2.24) is 4.90 Å². The van der Waals surface area contributed by atoms with Gasteiger partial charge in [-0.05, 0) is 6.08 Å². The van der Waals surface area contributed by atoms with Crippen molar-refractivity contribution in [3.05, 3.63) is 24.4 Å². The van der Waals surface area contributed by atoms with Crippen molar-refractivity contribution in [1.29, 1.82) is 0 Å². The molecule has 0 aromatic rings. The summed E-state index contributed by atoms with van der Waals surface area (Å²) in [5.74, 6) is -0.920. The third kappa shape index (κ3) is 2.62. The van der Waals surface area contributed by atoms with Gasteiger partial charge in [-0.1, -0.05) is 17.3 Å². The summed E-state index contributed by atoms with van der Waals surface area (Å²) in [4.78, 5) is 12.0. The van der Waals surface area contributed by atoms with E-state index in [1.165, 1.54) is 6.21 Å². The molecule has 5 nitrogen and oxygen atoms in total. The maximum absolute atomic E-state index is 10.4. The fourth-order valence-corrected chi connectivity index (χ4v) is 1.07. The predicted octanol–water partition coefficient (Wildman–Crippen LogP) is 0.285. The summed E-state index contributed by atoms with van der Waals surface area (Å²) >= 11 is 0. The average molecular weight is 182 g/mol. The van der Waals surface area contributed by atoms with Crippen LogP contribution in [0, 0.1) is 0 Å². The van der Waals surface area contributed by atoms with Crippen LogP contribution in [0.2, 0.25) is 0 Å². The lowest BCUT2D eigenvalue weighted by molar-refractivity contribution is -0.137. The highest BCUT2D eigenvalue weighted by Gasteiger charge is 2.14. The molecule has 0 saturated heterocycles. The van der Waals surface area contributed by atoms with Gasteiger partial charge >= 0.3 is 5.97 Å². The van der Waals surface area contributed by atoms with Crippen molar-refractivity contribution >= 4 is 12.2 Å². The van der Waals surface area contributed by atoms with Crippen LogP contribution in [0.5, 0.6) is 0 Å². The summed E-state index contributed by atoms with van der Waals surface area (Å²) in [6, 6.07) is -0.286. The molecule has 0 saturated carbocycles. The SMILES string of the molecule is O=C(O)CN1C=CC=CC1C=NO. The molecule has 0 fully saturated rings. The van der Waals surface area contributed by atoms with Crippen LogP contribution in [-0.2, 0) is 4.79 Å². The van der Waals surface area contributed by atoms with E-state index in [2.05, 4.69) is 5.16 Å². The highest BCUT2D eigenvalue weighted by atomic mass is 16.4. The summed E-state index contributed by atoms with van der Waals surface area (Å²) in [6.07, 6.45) is 8.14. The highest BCUT2D eigenvalue weighted by Crippen LogP contribution is 2.05. The van der Waals surface area contributed by atoms with Crippen molar-refractivity contribution in [2.75, 3.05) is 6.54 Å². The first-order chi connectivity index (χ1) is 6.24. The fourth-order valence-electron chi connectivity index (χ4n) is 1.07. The average Bonchev–Trinajstić information content (AvgIpc) is 2.08. The second-order valence-electron chi connectivity index (χ2n) is 2.55. The smallest absolute Gasteiger partial charge is 0.323 e. The van der Waals surface area contributed by atoms with Crippen molar-refractivity contribution in [3.63, 3.8) is 0 Å². The van der Waals surface area contributed by atoms with Gasteiger partial charge in [-0.25, -0.2) is 0 Å². The Hall–Kier alpha value is -1.78. The third-order valence-corrected chi connectivity index (χ3v) is 1.62. The van der Waals surface area contributed by atoms with Crippen molar-refractivity contribution in [3.8, 4) is 0 Å². The maximum Gasteiger partial charge on any atom is 0.323 e. The molecule has 70 valence electrons. The van der Waals surface area contributed by atoms with E-state index in [0.717, 1.165) is 0 Å². The molecular weight excluding hydrogens is 172 g/mol. The Bertz CT molecular complexity index is 271. The van der Waals surface area contributed by atoms with Gasteiger partial charge in [0.05, 0.1) is 12.3 Å². The van der Waals surface area contributed by atoms with Gasteiger partial charge in [-0.2, -0.15) is 0 Å². The summed E-state index contributed by atoms with van der Waals surface area (Å²) in [6.45, 7) is -0.114. The number of carbonyl (C=O) groups is 1. The quantitative estimate of drug-likeness (QED) is 0.373. The van der Waals surface area contributed by atoms with Crippen molar-refractivity contribution < 1.29 is 15.1 Å². The summed E-state index contributed by atoms with van der Waals surface area (Å²) in [5.41, 5.74) is 0. The molecule has 1 rings (SSSR count). The van der Waals surface area contributed by atoms with E-state index in [0.29, 0.717) is 0 Å². The number of rotatable bonds is 3. The van der Waals surface area contributed by atoms with Gasteiger partial charge < -0.3 is 15.2 Å². The Kier molecular flexibility index (Phi) is 3.08. The molecule has 1 atom stereocenters. The molecule has 0 radical (unpaired) electrons. The zero-order valence-electron chi connectivity index (χ0n) is 6.87. The van der Waals surface area contributed by atoms with E-state index in [9.17, 15) is 4.79 Å². The first kappa shape index (κ1) is 9.31. The third-order valence-electron chi connectivity index (χ3n) is 1.62. The molecule has 0 amide bonds. The summed E-state index contributed by atoms with van der Waals surface area (Å²) in [5, 5.41) is 19.7. The number of aliphatic carboxylic acids is 1. The lowest BCUT2D eigenvalue weighted by Crippen LogP contribution is -2.35. The van der Waals surface area contributed by atoms with Gasteiger partial charge in [0, 0.05) is 6.20 Å². The molecule has 2 N–H and O–H groups in total. The number of hydrogen-bond donors (Lipinski definition) is 2. The number of allylic oxidation sites excluding steroid dienone is 2. The number of hydrogen-bond acceptors (Lipinski definition) is 4. The van der Waals surface area contributed by atoms with Crippen molar-refractivity contribution in [2.24, 2.45) is 5.16 Å². The topological polar surface area (TPSA) is 73.1 Å². The zero-order valence-corrected chi connectivity index (χ0v) is 6.87. The van der Waals surface area contributed by atoms with E-state index in [1.807, 2.05) is 0 Å². The Morgan fingerprint density at radius 2 is 2.38 bits per heavy atom. The lowest BCUT2D eigenvalue weighted by Gasteiger charge is -2.25. The highest BCUT2D eigenvalue weighted by molar-refractivity contribution is 5.72. The largest absolute Gasteiger partial charge is 0.480 e. The van der Waals surface area contributed by atoms with E-state index in [-0.39, 0.29) is 12.6 Å². The number of nitrogens with zero attached hydrogens (tertiary/aromatic N) is 2. The Morgan fingerprint density at radius 1 is 1.62 bits per heavy atom. The molecule has 0 spiro atoms. The van der Waals surface area contributed by atoms with Gasteiger partial charge in [-0.15, -0.1) is 0 Å². The first-order valence-electron chi connectivity index (χ1n) is 3.74. The van der Waals surface area contributed by atoms with Crippen molar-refractivity contribution in [2.45, 2.75) is 6.04 Å². The minimum atomic E-state index is -0.920. The molecule has 0 bridgehead atoms. The second kappa shape index (κ2) is 4.30. The zero-order chi connectivity index (χ0) is 9.68. The molecule has 0 aromatic carbocycles. The maximum atomic E-state index is 10.4. The standard InChI is InChI=1S/C8H10N2O3/c11-8(12)6-10-4-2-1-3-7(10)5-9-13/h1-5,7,13H,6H2,(H,11,12). The van der Waals surface area contributed by atoms with Gasteiger partial charge in [0.1, 0.15) is 6.54 Å². The predicted molar refractivity (Wildman–Crippen MR) is 46.7 cm³/mol. The molecule has 0 aliphatic carbocycles. The van der Waals surface area contributed by atoms with Crippen LogP contribution >= 0.6 is 0 Å². The molecule has 1 unspecified atom stereocenters. The van der Waals surface area contributed by atoms with Gasteiger partial charge in [0.25, 0.3) is 0 Å². The Balaban J connectivity index is 2.64. The van der Waals surface area contributed by atoms with Crippen LogP contribution < -0.4 is 0 Å². The number of oxime groups is 1. The first-order valence-corrected chi connectivity index (χ1v) is 3.74. The fraction of sp³-hybridized carbons (Fsp3) is 0.250. The molecule has 0 aromatic heterocycles. The molecule has 1 heterocycles. The van der Waals surface area contributed by atoms with Crippen LogP contribution in [0.25, 0.3) is 0 Å². The van der Waals surface area contributed by atoms with Gasteiger partial charge in [0.15, 0.2) is 0 Å². The van der Waals surface area contributed by atoms with Crippen LogP contribution in [0.15, 0.2) is 29.6 Å². The van der Waals surface area contributed by atoms with Gasteiger partial charge in [0.2, 0.25) is 0 Å². The Morgan fingerprint density at radius 3 is 3.00 bits per heavy atom. The normalized spacial score (nSPS) is 21.2. The molecule has 5 heteroatoms.